The normalized spacial score (nSPS) is 12.6. The van der Waals surface area contributed by atoms with Gasteiger partial charge in [0.15, 0.2) is 11.6 Å². The molecule has 15 heavy (non-hydrogen) atoms. The number of methoxy groups -OCH3 is 1. The summed E-state index contributed by atoms with van der Waals surface area (Å²) in [7, 11) is 1.40. The van der Waals surface area contributed by atoms with Crippen LogP contribution in [0.1, 0.15) is 18.0 Å². The minimum atomic E-state index is -0.526. The number of hydrogen-bond donors (Lipinski definition) is 2. The molecule has 1 rings (SSSR count). The zero-order valence-corrected chi connectivity index (χ0v) is 9.92. The Morgan fingerprint density at radius 2 is 2.27 bits per heavy atom. The highest BCUT2D eigenvalue weighted by atomic mass is 79.9. The van der Waals surface area contributed by atoms with Gasteiger partial charge in [0.25, 0.3) is 0 Å². The number of aliphatic hydroxyl groups is 1. The molecule has 5 heteroatoms. The molecule has 0 saturated carbocycles. The average Bonchev–Trinajstić information content (AvgIpc) is 2.21. The van der Waals surface area contributed by atoms with E-state index in [1.165, 1.54) is 13.2 Å². The summed E-state index contributed by atoms with van der Waals surface area (Å²) >= 11 is 3.24. The highest BCUT2D eigenvalue weighted by Gasteiger charge is 2.16. The molecule has 0 bridgehead atoms. The van der Waals surface area contributed by atoms with Crippen LogP contribution in [0.5, 0.6) is 5.75 Å². The highest BCUT2D eigenvalue weighted by Crippen LogP contribution is 2.29. The van der Waals surface area contributed by atoms with E-state index in [-0.39, 0.29) is 12.4 Å². The maximum Gasteiger partial charge on any atom is 0.169 e. The van der Waals surface area contributed by atoms with Crippen molar-refractivity contribution in [3.05, 3.63) is 28.0 Å². The van der Waals surface area contributed by atoms with E-state index in [0.717, 1.165) is 0 Å². The molecule has 0 aliphatic rings. The Bertz CT molecular complexity index is 346. The molecule has 0 aliphatic carbocycles. The quantitative estimate of drug-likeness (QED) is 0.885. The van der Waals surface area contributed by atoms with E-state index in [4.69, 9.17) is 15.6 Å². The zero-order chi connectivity index (χ0) is 11.4. The predicted molar refractivity (Wildman–Crippen MR) is 59.3 cm³/mol. The summed E-state index contributed by atoms with van der Waals surface area (Å²) < 4.78 is 19.3. The minimum Gasteiger partial charge on any atom is -0.494 e. The van der Waals surface area contributed by atoms with Gasteiger partial charge in [-0.1, -0.05) is 15.9 Å². The van der Waals surface area contributed by atoms with E-state index in [1.807, 2.05) is 0 Å². The lowest BCUT2D eigenvalue weighted by molar-refractivity contribution is 0.275. The lowest BCUT2D eigenvalue weighted by Crippen LogP contribution is -2.14. The molecule has 1 aromatic rings. The monoisotopic (exact) mass is 277 g/mol. The lowest BCUT2D eigenvalue weighted by Gasteiger charge is -2.14. The molecule has 0 saturated heterocycles. The van der Waals surface area contributed by atoms with Crippen molar-refractivity contribution in [2.45, 2.75) is 12.5 Å². The van der Waals surface area contributed by atoms with Crippen molar-refractivity contribution in [2.24, 2.45) is 5.73 Å². The van der Waals surface area contributed by atoms with Crippen LogP contribution in [-0.4, -0.2) is 18.8 Å². The molecular weight excluding hydrogens is 265 g/mol. The van der Waals surface area contributed by atoms with Crippen LogP contribution in [0.2, 0.25) is 0 Å². The third kappa shape index (κ3) is 2.90. The molecule has 1 atom stereocenters. The van der Waals surface area contributed by atoms with Crippen molar-refractivity contribution in [1.82, 2.24) is 0 Å². The van der Waals surface area contributed by atoms with Gasteiger partial charge in [-0.15, -0.1) is 0 Å². The molecule has 3 N–H and O–H groups in total. The lowest BCUT2D eigenvalue weighted by atomic mass is 10.0. The number of aliphatic hydroxyl groups excluding tert-OH is 1. The van der Waals surface area contributed by atoms with E-state index in [1.54, 1.807) is 6.07 Å². The second-order valence-electron chi connectivity index (χ2n) is 3.13. The third-order valence-electron chi connectivity index (χ3n) is 2.09. The van der Waals surface area contributed by atoms with Gasteiger partial charge < -0.3 is 15.6 Å². The van der Waals surface area contributed by atoms with Gasteiger partial charge in [-0.05, 0) is 18.6 Å². The number of ether oxygens (including phenoxy) is 1. The van der Waals surface area contributed by atoms with Crippen LogP contribution < -0.4 is 10.5 Å². The number of nitrogens with two attached hydrogens (primary N) is 1. The predicted octanol–water partition coefficient (Wildman–Crippen LogP) is 1.98. The standard InChI is InChI=1S/C10H13BrFNO2/c1-15-9-5-6(11)4-7(10(9)12)8(13)2-3-14/h4-5,8,14H,2-3,13H2,1H3. The summed E-state index contributed by atoms with van der Waals surface area (Å²) in [5, 5.41) is 8.74. The Morgan fingerprint density at radius 3 is 2.80 bits per heavy atom. The smallest absolute Gasteiger partial charge is 0.169 e. The molecule has 1 aromatic carbocycles. The number of halogens is 2. The van der Waals surface area contributed by atoms with E-state index in [9.17, 15) is 4.39 Å². The van der Waals surface area contributed by atoms with Crippen LogP contribution >= 0.6 is 15.9 Å². The van der Waals surface area contributed by atoms with Crippen molar-refractivity contribution in [3.63, 3.8) is 0 Å². The Hall–Kier alpha value is -0.650. The van der Waals surface area contributed by atoms with Gasteiger partial charge >= 0.3 is 0 Å². The molecular formula is C10H13BrFNO2. The molecule has 0 amide bonds. The first-order valence-corrected chi connectivity index (χ1v) is 5.28. The summed E-state index contributed by atoms with van der Waals surface area (Å²) in [6.45, 7) is -0.0740. The fourth-order valence-electron chi connectivity index (χ4n) is 1.30. The molecule has 0 aliphatic heterocycles. The van der Waals surface area contributed by atoms with Crippen molar-refractivity contribution in [1.29, 1.82) is 0 Å². The molecule has 0 spiro atoms. The molecule has 0 radical (unpaired) electrons. The topological polar surface area (TPSA) is 55.5 Å². The zero-order valence-electron chi connectivity index (χ0n) is 8.34. The van der Waals surface area contributed by atoms with Crippen LogP contribution in [0.15, 0.2) is 16.6 Å². The SMILES string of the molecule is COc1cc(Br)cc(C(N)CCO)c1F. The summed E-state index contributed by atoms with van der Waals surface area (Å²) in [6.07, 6.45) is 0.316. The van der Waals surface area contributed by atoms with Gasteiger partial charge in [0, 0.05) is 22.7 Å². The molecule has 0 fully saturated rings. The summed E-state index contributed by atoms with van der Waals surface area (Å²) in [5.41, 5.74) is 6.07. The van der Waals surface area contributed by atoms with Gasteiger partial charge in [-0.25, -0.2) is 4.39 Å². The van der Waals surface area contributed by atoms with Crippen LogP contribution in [0, 0.1) is 5.82 Å². The Morgan fingerprint density at radius 1 is 1.60 bits per heavy atom. The number of benzene rings is 1. The van der Waals surface area contributed by atoms with Crippen LogP contribution in [-0.2, 0) is 0 Å². The van der Waals surface area contributed by atoms with Crippen LogP contribution in [0.25, 0.3) is 0 Å². The molecule has 0 aromatic heterocycles. The molecule has 84 valence electrons. The van der Waals surface area contributed by atoms with Gasteiger partial charge in [-0.2, -0.15) is 0 Å². The number of rotatable bonds is 4. The largest absolute Gasteiger partial charge is 0.494 e. The fraction of sp³-hybridized carbons (Fsp3) is 0.400. The summed E-state index contributed by atoms with van der Waals surface area (Å²) in [4.78, 5) is 0. The third-order valence-corrected chi connectivity index (χ3v) is 2.55. The molecule has 1 unspecified atom stereocenters. The first-order chi connectivity index (χ1) is 7.10. The minimum absolute atomic E-state index is 0.0740. The molecule has 0 heterocycles. The molecule has 3 nitrogen and oxygen atoms in total. The number of hydrogen-bond acceptors (Lipinski definition) is 3. The highest BCUT2D eigenvalue weighted by molar-refractivity contribution is 9.10. The second kappa shape index (κ2) is 5.44. The Kier molecular flexibility index (Phi) is 4.50. The van der Waals surface area contributed by atoms with Gasteiger partial charge in [0.05, 0.1) is 7.11 Å². The maximum atomic E-state index is 13.7. The van der Waals surface area contributed by atoms with E-state index >= 15 is 0 Å². The van der Waals surface area contributed by atoms with Crippen molar-refractivity contribution < 1.29 is 14.2 Å². The van der Waals surface area contributed by atoms with E-state index in [2.05, 4.69) is 15.9 Å². The van der Waals surface area contributed by atoms with Crippen molar-refractivity contribution >= 4 is 15.9 Å². The summed E-state index contributed by atoms with van der Waals surface area (Å²) in [5.74, 6) is -0.325. The van der Waals surface area contributed by atoms with Crippen LogP contribution in [0.4, 0.5) is 4.39 Å². The fourth-order valence-corrected chi connectivity index (χ4v) is 1.75. The van der Waals surface area contributed by atoms with Crippen LogP contribution in [0.3, 0.4) is 0 Å². The second-order valence-corrected chi connectivity index (χ2v) is 4.05. The van der Waals surface area contributed by atoms with Crippen molar-refractivity contribution in [2.75, 3.05) is 13.7 Å². The van der Waals surface area contributed by atoms with Gasteiger partial charge in [0.2, 0.25) is 0 Å². The van der Waals surface area contributed by atoms with Gasteiger partial charge in [0.1, 0.15) is 0 Å². The van der Waals surface area contributed by atoms with E-state index in [0.29, 0.717) is 16.5 Å². The van der Waals surface area contributed by atoms with Gasteiger partial charge in [-0.3, -0.25) is 0 Å². The Balaban J connectivity index is 3.11. The first-order valence-electron chi connectivity index (χ1n) is 4.49. The van der Waals surface area contributed by atoms with E-state index < -0.39 is 11.9 Å². The maximum absolute atomic E-state index is 13.7. The Labute approximate surface area is 96.2 Å². The average molecular weight is 278 g/mol. The first kappa shape index (κ1) is 12.4. The summed E-state index contributed by atoms with van der Waals surface area (Å²) in [6, 6.07) is 2.60. The van der Waals surface area contributed by atoms with Crippen molar-refractivity contribution in [3.8, 4) is 5.75 Å².